The minimum absolute atomic E-state index is 0.334. The van der Waals surface area contributed by atoms with Crippen molar-refractivity contribution in [3.8, 4) is 0 Å². The van der Waals surface area contributed by atoms with E-state index in [2.05, 4.69) is 10.2 Å². The Bertz CT molecular complexity index is 272. The molecule has 2 heterocycles. The van der Waals surface area contributed by atoms with E-state index in [4.69, 9.17) is 10.5 Å². The Balaban J connectivity index is 2.01. The molecule has 5 heteroatoms. The summed E-state index contributed by atoms with van der Waals surface area (Å²) in [5.74, 6) is -0.334. The Morgan fingerprint density at radius 1 is 1.53 bits per heavy atom. The van der Waals surface area contributed by atoms with Gasteiger partial charge in [0.15, 0.2) is 0 Å². The number of hydrogen-bond acceptors (Lipinski definition) is 4. The molecule has 84 valence electrons. The predicted octanol–water partition coefficient (Wildman–Crippen LogP) is -0.603. The number of hydrogen-bond donors (Lipinski definition) is 2. The molecule has 5 nitrogen and oxygen atoms in total. The van der Waals surface area contributed by atoms with Gasteiger partial charge in [-0.1, -0.05) is 0 Å². The lowest BCUT2D eigenvalue weighted by Gasteiger charge is -2.36. The van der Waals surface area contributed by atoms with E-state index in [9.17, 15) is 4.79 Å². The molecule has 0 unspecified atom stereocenters. The van der Waals surface area contributed by atoms with Gasteiger partial charge in [-0.25, -0.2) is 0 Å². The first kappa shape index (κ1) is 10.4. The first-order valence-electron chi connectivity index (χ1n) is 5.32. The van der Waals surface area contributed by atoms with Crippen LogP contribution in [-0.2, 0) is 9.53 Å². The molecule has 0 aliphatic carbocycles. The van der Waals surface area contributed by atoms with Crippen LogP contribution in [0.5, 0.6) is 0 Å². The summed E-state index contributed by atoms with van der Waals surface area (Å²) in [7, 11) is 0. The summed E-state index contributed by atoms with van der Waals surface area (Å²) >= 11 is 0. The van der Waals surface area contributed by atoms with E-state index in [1.165, 1.54) is 0 Å². The zero-order valence-electron chi connectivity index (χ0n) is 8.74. The highest BCUT2D eigenvalue weighted by molar-refractivity contribution is 5.92. The monoisotopic (exact) mass is 211 g/mol. The third-order valence-corrected chi connectivity index (χ3v) is 2.91. The zero-order valence-corrected chi connectivity index (χ0v) is 8.74. The van der Waals surface area contributed by atoms with Gasteiger partial charge in [-0.2, -0.15) is 0 Å². The van der Waals surface area contributed by atoms with Gasteiger partial charge in [0.1, 0.15) is 0 Å². The summed E-state index contributed by atoms with van der Waals surface area (Å²) in [5, 5.41) is 3.18. The Morgan fingerprint density at radius 2 is 2.27 bits per heavy atom. The molecule has 1 saturated heterocycles. The smallest absolute Gasteiger partial charge is 0.247 e. The molecule has 2 aliphatic heterocycles. The van der Waals surface area contributed by atoms with E-state index >= 15 is 0 Å². The molecule has 2 rings (SSSR count). The topological polar surface area (TPSA) is 67.6 Å². The molecular formula is C10H17N3O2. The summed E-state index contributed by atoms with van der Waals surface area (Å²) in [4.78, 5) is 13.2. The molecule has 1 fully saturated rings. The second-order valence-electron chi connectivity index (χ2n) is 3.96. The van der Waals surface area contributed by atoms with E-state index < -0.39 is 0 Å². The first-order chi connectivity index (χ1) is 7.27. The SMILES string of the molecule is NC(=O)C1=CN(C2CCOCC2)CNC1. The third-order valence-electron chi connectivity index (χ3n) is 2.91. The Hall–Kier alpha value is -1.07. The van der Waals surface area contributed by atoms with Gasteiger partial charge >= 0.3 is 0 Å². The number of rotatable bonds is 2. The third kappa shape index (κ3) is 2.49. The summed E-state index contributed by atoms with van der Waals surface area (Å²) in [6.45, 7) is 2.98. The second kappa shape index (κ2) is 4.63. The maximum Gasteiger partial charge on any atom is 0.247 e. The van der Waals surface area contributed by atoms with Gasteiger partial charge in [-0.3, -0.25) is 10.1 Å². The van der Waals surface area contributed by atoms with E-state index in [1.807, 2.05) is 6.20 Å². The highest BCUT2D eigenvalue weighted by Crippen LogP contribution is 2.16. The lowest BCUT2D eigenvalue weighted by Crippen LogP contribution is -2.46. The molecule has 0 bridgehead atoms. The van der Waals surface area contributed by atoms with Crippen molar-refractivity contribution in [2.24, 2.45) is 5.73 Å². The van der Waals surface area contributed by atoms with Crippen LogP contribution < -0.4 is 11.1 Å². The van der Waals surface area contributed by atoms with E-state index in [-0.39, 0.29) is 5.91 Å². The Kier molecular flexibility index (Phi) is 3.23. The van der Waals surface area contributed by atoms with E-state index in [0.717, 1.165) is 32.7 Å². The van der Waals surface area contributed by atoms with Crippen LogP contribution >= 0.6 is 0 Å². The molecule has 0 radical (unpaired) electrons. The molecule has 0 aromatic heterocycles. The van der Waals surface area contributed by atoms with Gasteiger partial charge in [0.05, 0.1) is 6.67 Å². The number of primary amides is 1. The van der Waals surface area contributed by atoms with Crippen molar-refractivity contribution in [1.29, 1.82) is 0 Å². The van der Waals surface area contributed by atoms with Crippen molar-refractivity contribution in [1.82, 2.24) is 10.2 Å². The summed E-state index contributed by atoms with van der Waals surface area (Å²) in [6.07, 6.45) is 3.93. The normalized spacial score (nSPS) is 23.7. The van der Waals surface area contributed by atoms with Gasteiger partial charge in [0.2, 0.25) is 5.91 Å². The van der Waals surface area contributed by atoms with E-state index in [1.54, 1.807) is 0 Å². The molecule has 2 aliphatic rings. The zero-order chi connectivity index (χ0) is 10.7. The fourth-order valence-electron chi connectivity index (χ4n) is 2.01. The molecule has 1 amide bonds. The molecule has 0 saturated carbocycles. The van der Waals surface area contributed by atoms with Crippen molar-refractivity contribution in [2.45, 2.75) is 18.9 Å². The summed E-state index contributed by atoms with van der Waals surface area (Å²) in [6, 6.07) is 0.473. The second-order valence-corrected chi connectivity index (χ2v) is 3.96. The minimum atomic E-state index is -0.334. The molecule has 0 spiro atoms. The van der Waals surface area contributed by atoms with Crippen LogP contribution in [0.4, 0.5) is 0 Å². The number of ether oxygens (including phenoxy) is 1. The number of nitrogens with two attached hydrogens (primary N) is 1. The van der Waals surface area contributed by atoms with Crippen molar-refractivity contribution in [3.63, 3.8) is 0 Å². The lowest BCUT2D eigenvalue weighted by atomic mass is 10.1. The molecule has 3 N–H and O–H groups in total. The fourth-order valence-corrected chi connectivity index (χ4v) is 2.01. The van der Waals surface area contributed by atoms with Crippen LogP contribution in [0.2, 0.25) is 0 Å². The van der Waals surface area contributed by atoms with Gasteiger partial charge in [0.25, 0.3) is 0 Å². The van der Waals surface area contributed by atoms with Crippen molar-refractivity contribution >= 4 is 5.91 Å². The maximum atomic E-state index is 11.0. The molecule has 0 aromatic rings. The number of nitrogens with one attached hydrogen (secondary N) is 1. The Labute approximate surface area is 89.2 Å². The van der Waals surface area contributed by atoms with Crippen LogP contribution in [0.3, 0.4) is 0 Å². The number of carbonyl (C=O) groups excluding carboxylic acids is 1. The molecule has 0 aromatic carbocycles. The van der Waals surface area contributed by atoms with Crippen LogP contribution in [0.25, 0.3) is 0 Å². The van der Waals surface area contributed by atoms with Crippen molar-refractivity contribution in [3.05, 3.63) is 11.8 Å². The Morgan fingerprint density at radius 3 is 2.93 bits per heavy atom. The fraction of sp³-hybridized carbons (Fsp3) is 0.700. The van der Waals surface area contributed by atoms with Crippen LogP contribution in [0.15, 0.2) is 11.8 Å². The van der Waals surface area contributed by atoms with Gasteiger partial charge in [-0.05, 0) is 12.8 Å². The number of carbonyl (C=O) groups is 1. The van der Waals surface area contributed by atoms with Gasteiger partial charge in [0, 0.05) is 37.6 Å². The molecule has 0 atom stereocenters. The maximum absolute atomic E-state index is 11.0. The number of amides is 1. The largest absolute Gasteiger partial charge is 0.381 e. The number of nitrogens with zero attached hydrogens (tertiary/aromatic N) is 1. The lowest BCUT2D eigenvalue weighted by molar-refractivity contribution is -0.114. The average Bonchev–Trinajstić information content (AvgIpc) is 2.30. The van der Waals surface area contributed by atoms with E-state index in [0.29, 0.717) is 18.2 Å². The van der Waals surface area contributed by atoms with Crippen LogP contribution in [-0.4, -0.2) is 43.3 Å². The minimum Gasteiger partial charge on any atom is -0.381 e. The summed E-state index contributed by atoms with van der Waals surface area (Å²) < 4.78 is 5.31. The standard InChI is InChI=1S/C10H17N3O2/c11-10(14)8-5-12-7-13(6-8)9-1-3-15-4-2-9/h6,9,12H,1-5,7H2,(H2,11,14). The highest BCUT2D eigenvalue weighted by atomic mass is 16.5. The van der Waals surface area contributed by atoms with Crippen molar-refractivity contribution in [2.75, 3.05) is 26.4 Å². The van der Waals surface area contributed by atoms with Crippen LogP contribution in [0, 0.1) is 0 Å². The van der Waals surface area contributed by atoms with Crippen LogP contribution in [0.1, 0.15) is 12.8 Å². The molecule has 15 heavy (non-hydrogen) atoms. The quantitative estimate of drug-likeness (QED) is 0.640. The van der Waals surface area contributed by atoms with Crippen molar-refractivity contribution < 1.29 is 9.53 Å². The highest BCUT2D eigenvalue weighted by Gasteiger charge is 2.22. The van der Waals surface area contributed by atoms with Gasteiger partial charge < -0.3 is 15.4 Å². The van der Waals surface area contributed by atoms with Gasteiger partial charge in [-0.15, -0.1) is 0 Å². The first-order valence-corrected chi connectivity index (χ1v) is 5.32. The predicted molar refractivity (Wildman–Crippen MR) is 55.8 cm³/mol. The summed E-state index contributed by atoms with van der Waals surface area (Å²) in [5.41, 5.74) is 5.92. The average molecular weight is 211 g/mol. The molecular weight excluding hydrogens is 194 g/mol.